The maximum atomic E-state index is 11.5. The number of esters is 1. The first-order chi connectivity index (χ1) is 9.81. The van der Waals surface area contributed by atoms with Crippen molar-refractivity contribution in [2.75, 3.05) is 6.61 Å². The van der Waals surface area contributed by atoms with Gasteiger partial charge in [0.05, 0.1) is 17.6 Å². The second-order valence-corrected chi connectivity index (χ2v) is 4.47. The minimum absolute atomic E-state index is 0.325. The number of ether oxygens (including phenoxy) is 1. The Bertz CT molecular complexity index is 746. The second kappa shape index (κ2) is 5.21. The molecule has 20 heavy (non-hydrogen) atoms. The molecule has 0 aliphatic carbocycles. The number of aromatic nitrogens is 1. The van der Waals surface area contributed by atoms with E-state index in [4.69, 9.17) is 4.74 Å². The van der Waals surface area contributed by atoms with Crippen LogP contribution >= 0.6 is 0 Å². The maximum absolute atomic E-state index is 11.5. The second-order valence-electron chi connectivity index (χ2n) is 4.47. The van der Waals surface area contributed by atoms with Crippen LogP contribution in [0.4, 0.5) is 0 Å². The highest BCUT2D eigenvalue weighted by Crippen LogP contribution is 2.28. The molecule has 3 aromatic rings. The highest BCUT2D eigenvalue weighted by Gasteiger charge is 2.07. The molecule has 3 rings (SSSR count). The van der Waals surface area contributed by atoms with Crippen molar-refractivity contribution in [3.63, 3.8) is 0 Å². The van der Waals surface area contributed by atoms with E-state index in [-0.39, 0.29) is 5.97 Å². The highest BCUT2D eigenvalue weighted by atomic mass is 16.5. The third-order valence-corrected chi connectivity index (χ3v) is 3.26. The summed E-state index contributed by atoms with van der Waals surface area (Å²) >= 11 is 0. The summed E-state index contributed by atoms with van der Waals surface area (Å²) in [5, 5.41) is 2.35. The van der Waals surface area contributed by atoms with Gasteiger partial charge in [0, 0.05) is 23.0 Å². The predicted octanol–water partition coefficient (Wildman–Crippen LogP) is 3.83. The van der Waals surface area contributed by atoms with Crippen molar-refractivity contribution in [1.82, 2.24) is 4.57 Å². The van der Waals surface area contributed by atoms with E-state index in [1.54, 1.807) is 13.1 Å². The molecular weight excluding hydrogens is 250 g/mol. The summed E-state index contributed by atoms with van der Waals surface area (Å²) in [7, 11) is 0. The van der Waals surface area contributed by atoms with Crippen LogP contribution in [0.2, 0.25) is 0 Å². The number of hydrogen-bond acceptors (Lipinski definition) is 2. The molecule has 0 saturated heterocycles. The predicted molar refractivity (Wildman–Crippen MR) is 81.4 cm³/mol. The fraction of sp³-hybridized carbons (Fsp3) is 0.118. The Morgan fingerprint density at radius 3 is 2.15 bits per heavy atom. The molecule has 0 N–H and O–H groups in total. The molecule has 3 heteroatoms. The lowest BCUT2D eigenvalue weighted by Gasteiger charge is -2.00. The lowest BCUT2D eigenvalue weighted by molar-refractivity contribution is -0.137. The van der Waals surface area contributed by atoms with Crippen molar-refractivity contribution in [2.45, 2.75) is 6.92 Å². The van der Waals surface area contributed by atoms with Gasteiger partial charge in [-0.05, 0) is 19.1 Å². The topological polar surface area (TPSA) is 31.2 Å². The number of carbonyl (C=O) groups excluding carboxylic acids is 1. The summed E-state index contributed by atoms with van der Waals surface area (Å²) in [5.74, 6) is -0.325. The molecule has 0 saturated carbocycles. The van der Waals surface area contributed by atoms with Gasteiger partial charge in [0.25, 0.3) is 0 Å². The Morgan fingerprint density at radius 2 is 1.60 bits per heavy atom. The Morgan fingerprint density at radius 1 is 1.05 bits per heavy atom. The fourth-order valence-corrected chi connectivity index (χ4v) is 2.44. The van der Waals surface area contributed by atoms with Gasteiger partial charge in [-0.25, -0.2) is 4.79 Å². The van der Waals surface area contributed by atoms with Gasteiger partial charge in [-0.2, -0.15) is 0 Å². The monoisotopic (exact) mass is 265 g/mol. The number of hydrogen-bond donors (Lipinski definition) is 0. The molecule has 2 aromatic carbocycles. The van der Waals surface area contributed by atoms with Crippen molar-refractivity contribution < 1.29 is 9.53 Å². The van der Waals surface area contributed by atoms with E-state index in [0.29, 0.717) is 6.61 Å². The van der Waals surface area contributed by atoms with Crippen LogP contribution in [0.5, 0.6) is 0 Å². The number of fused-ring (bicyclic) bond motifs is 3. The normalized spacial score (nSPS) is 11.4. The first kappa shape index (κ1) is 12.5. The van der Waals surface area contributed by atoms with E-state index >= 15 is 0 Å². The fourth-order valence-electron chi connectivity index (χ4n) is 2.44. The van der Waals surface area contributed by atoms with E-state index in [9.17, 15) is 4.79 Å². The van der Waals surface area contributed by atoms with E-state index < -0.39 is 0 Å². The molecule has 0 aliphatic rings. The molecule has 0 fully saturated rings. The van der Waals surface area contributed by atoms with E-state index in [0.717, 1.165) is 11.0 Å². The lowest BCUT2D eigenvalue weighted by atomic mass is 10.2. The number of rotatable bonds is 3. The maximum Gasteiger partial charge on any atom is 0.332 e. The molecule has 3 nitrogen and oxygen atoms in total. The lowest BCUT2D eigenvalue weighted by Crippen LogP contribution is -1.99. The van der Waals surface area contributed by atoms with Crippen LogP contribution in [0.15, 0.2) is 54.6 Å². The minimum Gasteiger partial charge on any atom is -0.463 e. The van der Waals surface area contributed by atoms with Gasteiger partial charge in [-0.15, -0.1) is 0 Å². The minimum atomic E-state index is -0.325. The van der Waals surface area contributed by atoms with Crippen LogP contribution in [0.1, 0.15) is 6.92 Å². The van der Waals surface area contributed by atoms with Crippen LogP contribution in [0.3, 0.4) is 0 Å². The smallest absolute Gasteiger partial charge is 0.332 e. The third-order valence-electron chi connectivity index (χ3n) is 3.26. The van der Waals surface area contributed by atoms with Crippen LogP contribution in [-0.2, 0) is 9.53 Å². The number of nitrogens with zero attached hydrogens (tertiary/aromatic N) is 1. The number of para-hydroxylation sites is 2. The zero-order chi connectivity index (χ0) is 13.9. The first-order valence-electron chi connectivity index (χ1n) is 6.64. The average Bonchev–Trinajstić information content (AvgIpc) is 2.80. The Labute approximate surface area is 117 Å². The van der Waals surface area contributed by atoms with Gasteiger partial charge in [0.2, 0.25) is 0 Å². The molecule has 1 aromatic heterocycles. The van der Waals surface area contributed by atoms with Crippen LogP contribution in [-0.4, -0.2) is 17.1 Å². The Kier molecular flexibility index (Phi) is 3.25. The van der Waals surface area contributed by atoms with E-state index in [1.807, 2.05) is 41.0 Å². The molecule has 0 atom stereocenters. The van der Waals surface area contributed by atoms with Crippen molar-refractivity contribution in [1.29, 1.82) is 0 Å². The van der Waals surface area contributed by atoms with Crippen molar-refractivity contribution in [3.8, 4) is 0 Å². The quantitative estimate of drug-likeness (QED) is 0.532. The molecule has 1 heterocycles. The summed E-state index contributed by atoms with van der Waals surface area (Å²) in [6, 6.07) is 16.3. The van der Waals surface area contributed by atoms with Crippen molar-refractivity contribution in [3.05, 3.63) is 54.6 Å². The third kappa shape index (κ3) is 2.07. The molecule has 0 unspecified atom stereocenters. The largest absolute Gasteiger partial charge is 0.463 e. The summed E-state index contributed by atoms with van der Waals surface area (Å²) in [6.45, 7) is 2.18. The summed E-state index contributed by atoms with van der Waals surface area (Å²) < 4.78 is 6.94. The molecule has 0 spiro atoms. The summed E-state index contributed by atoms with van der Waals surface area (Å²) in [5.41, 5.74) is 2.16. The summed E-state index contributed by atoms with van der Waals surface area (Å²) in [4.78, 5) is 11.5. The van der Waals surface area contributed by atoms with Crippen LogP contribution in [0.25, 0.3) is 28.0 Å². The highest BCUT2D eigenvalue weighted by molar-refractivity contribution is 6.09. The first-order valence-corrected chi connectivity index (χ1v) is 6.64. The molecule has 100 valence electrons. The molecule has 0 bridgehead atoms. The molecular formula is C17H15NO2. The SMILES string of the molecule is CCOC(=O)/C=C\n1c2ccccc2c2ccccc21. The summed E-state index contributed by atoms with van der Waals surface area (Å²) in [6.07, 6.45) is 3.23. The van der Waals surface area contributed by atoms with Gasteiger partial charge in [-0.1, -0.05) is 36.4 Å². The van der Waals surface area contributed by atoms with E-state index in [1.165, 1.54) is 16.8 Å². The van der Waals surface area contributed by atoms with Crippen LogP contribution < -0.4 is 0 Å². The van der Waals surface area contributed by atoms with Gasteiger partial charge in [0.15, 0.2) is 0 Å². The van der Waals surface area contributed by atoms with Crippen LogP contribution in [0, 0.1) is 0 Å². The Balaban J connectivity index is 2.19. The number of benzene rings is 2. The molecule has 0 amide bonds. The zero-order valence-corrected chi connectivity index (χ0v) is 11.2. The van der Waals surface area contributed by atoms with Crippen molar-refractivity contribution >= 4 is 34.0 Å². The molecule has 0 aliphatic heterocycles. The Hall–Kier alpha value is -2.55. The number of carbonyl (C=O) groups is 1. The average molecular weight is 265 g/mol. The van der Waals surface area contributed by atoms with Crippen molar-refractivity contribution in [2.24, 2.45) is 0 Å². The standard InChI is InChI=1S/C17H15NO2/c1-2-20-17(19)11-12-18-15-9-5-3-7-13(15)14-8-4-6-10-16(14)18/h3-12H,2H2,1H3/b12-11-. The van der Waals surface area contributed by atoms with E-state index in [2.05, 4.69) is 12.1 Å². The van der Waals surface area contributed by atoms with Gasteiger partial charge in [0.1, 0.15) is 0 Å². The zero-order valence-electron chi connectivity index (χ0n) is 11.2. The van der Waals surface area contributed by atoms with Gasteiger partial charge < -0.3 is 9.30 Å². The van der Waals surface area contributed by atoms with Gasteiger partial charge >= 0.3 is 5.97 Å². The molecule has 0 radical (unpaired) electrons. The van der Waals surface area contributed by atoms with Gasteiger partial charge in [-0.3, -0.25) is 0 Å².